The second kappa shape index (κ2) is 11.1. The number of alkyl carbamates (subject to hydrolysis) is 1. The van der Waals surface area contributed by atoms with Gasteiger partial charge in [0, 0.05) is 11.1 Å². The van der Waals surface area contributed by atoms with Gasteiger partial charge in [-0.3, -0.25) is 19.8 Å². The van der Waals surface area contributed by atoms with Crippen LogP contribution in [0.15, 0.2) is 89.9 Å². The van der Waals surface area contributed by atoms with Crippen molar-refractivity contribution in [3.8, 4) is 0 Å². The Morgan fingerprint density at radius 2 is 1.57 bits per heavy atom. The highest BCUT2D eigenvalue weighted by molar-refractivity contribution is 6.20. The van der Waals surface area contributed by atoms with Crippen molar-refractivity contribution in [1.29, 1.82) is 0 Å². The Labute approximate surface area is 203 Å². The molecule has 3 aromatic carbocycles. The summed E-state index contributed by atoms with van der Waals surface area (Å²) in [6.07, 6.45) is -2.11. The van der Waals surface area contributed by atoms with Gasteiger partial charge in [-0.25, -0.2) is 9.79 Å². The first-order valence-electron chi connectivity index (χ1n) is 11.2. The summed E-state index contributed by atoms with van der Waals surface area (Å²) in [5.74, 6) is -1.14. The minimum absolute atomic E-state index is 0.0373. The average Bonchev–Trinajstić information content (AvgIpc) is 2.99. The van der Waals surface area contributed by atoms with Crippen molar-refractivity contribution in [2.75, 3.05) is 18.1 Å². The summed E-state index contributed by atoms with van der Waals surface area (Å²) >= 11 is 0. The highest BCUT2D eigenvalue weighted by atomic mass is 16.5. The number of benzodiazepines with no additional fused rings is 1. The number of esters is 1. The number of hydrogen-bond acceptors (Lipinski definition) is 6. The van der Waals surface area contributed by atoms with Crippen molar-refractivity contribution in [3.05, 3.63) is 102 Å². The molecule has 0 bridgehead atoms. The Bertz CT molecular complexity index is 1230. The van der Waals surface area contributed by atoms with Crippen LogP contribution in [0.3, 0.4) is 0 Å². The molecule has 1 unspecified atom stereocenters. The van der Waals surface area contributed by atoms with Gasteiger partial charge in [-0.2, -0.15) is 0 Å². The number of benzene rings is 3. The van der Waals surface area contributed by atoms with Crippen LogP contribution in [0.4, 0.5) is 10.5 Å². The number of para-hydroxylation sites is 1. The first-order valence-corrected chi connectivity index (χ1v) is 11.2. The van der Waals surface area contributed by atoms with E-state index in [0.29, 0.717) is 17.0 Å². The van der Waals surface area contributed by atoms with Crippen LogP contribution in [0.25, 0.3) is 0 Å². The standard InChI is InChI=1S/C27H25N3O5/c1-2-34-23(31)17-30-22-16-10-9-15-21(22)24(20-13-7-4-8-14-20)28-25(26(30)32)29-27(33)35-18-19-11-5-3-6-12-19/h3-16,25H,2,17-18H2,1H3,(H,29,33). The Morgan fingerprint density at radius 1 is 0.914 bits per heavy atom. The summed E-state index contributed by atoms with van der Waals surface area (Å²) in [5.41, 5.74) is 3.22. The molecule has 1 atom stereocenters. The largest absolute Gasteiger partial charge is 0.465 e. The molecule has 0 saturated heterocycles. The van der Waals surface area contributed by atoms with E-state index in [1.54, 1.807) is 19.1 Å². The Kier molecular flexibility index (Phi) is 7.52. The smallest absolute Gasteiger partial charge is 0.409 e. The first-order chi connectivity index (χ1) is 17.1. The third-order valence-electron chi connectivity index (χ3n) is 5.32. The van der Waals surface area contributed by atoms with Crippen molar-refractivity contribution in [3.63, 3.8) is 0 Å². The lowest BCUT2D eigenvalue weighted by Crippen LogP contribution is -2.49. The summed E-state index contributed by atoms with van der Waals surface area (Å²) in [4.78, 5) is 44.5. The van der Waals surface area contributed by atoms with Crippen molar-refractivity contribution in [2.45, 2.75) is 19.7 Å². The van der Waals surface area contributed by atoms with Crippen LogP contribution in [0.5, 0.6) is 0 Å². The maximum atomic E-state index is 13.6. The fourth-order valence-electron chi connectivity index (χ4n) is 3.72. The van der Waals surface area contributed by atoms with Gasteiger partial charge in [0.1, 0.15) is 13.2 Å². The molecule has 0 aliphatic carbocycles. The molecule has 1 N–H and O–H groups in total. The van der Waals surface area contributed by atoms with Crippen LogP contribution in [-0.2, 0) is 25.7 Å². The van der Waals surface area contributed by atoms with Gasteiger partial charge in [0.15, 0.2) is 0 Å². The molecule has 0 radical (unpaired) electrons. The molecule has 35 heavy (non-hydrogen) atoms. The fourth-order valence-corrected chi connectivity index (χ4v) is 3.72. The number of ether oxygens (including phenoxy) is 2. The molecule has 0 spiro atoms. The van der Waals surface area contributed by atoms with Gasteiger partial charge < -0.3 is 9.47 Å². The predicted octanol–water partition coefficient (Wildman–Crippen LogP) is 3.69. The van der Waals surface area contributed by atoms with E-state index < -0.39 is 24.1 Å². The lowest BCUT2D eigenvalue weighted by Gasteiger charge is -2.24. The van der Waals surface area contributed by atoms with E-state index in [9.17, 15) is 14.4 Å². The second-order valence-electron chi connectivity index (χ2n) is 7.70. The average molecular weight is 472 g/mol. The van der Waals surface area contributed by atoms with E-state index in [4.69, 9.17) is 9.47 Å². The molecular weight excluding hydrogens is 446 g/mol. The SMILES string of the molecule is CCOC(=O)CN1C(=O)C(NC(=O)OCc2ccccc2)N=C(c2ccccc2)c2ccccc21. The van der Waals surface area contributed by atoms with Crippen LogP contribution in [0.1, 0.15) is 23.6 Å². The fraction of sp³-hybridized carbons (Fsp3) is 0.185. The predicted molar refractivity (Wildman–Crippen MR) is 131 cm³/mol. The maximum Gasteiger partial charge on any atom is 0.409 e. The first kappa shape index (κ1) is 23.7. The van der Waals surface area contributed by atoms with Crippen LogP contribution >= 0.6 is 0 Å². The van der Waals surface area contributed by atoms with Gasteiger partial charge in [-0.15, -0.1) is 0 Å². The number of carbonyl (C=O) groups excluding carboxylic acids is 3. The molecule has 8 nitrogen and oxygen atoms in total. The normalized spacial score (nSPS) is 14.9. The van der Waals surface area contributed by atoms with E-state index in [-0.39, 0.29) is 19.8 Å². The van der Waals surface area contributed by atoms with Crippen molar-refractivity contribution in [1.82, 2.24) is 5.32 Å². The summed E-state index contributed by atoms with van der Waals surface area (Å²) in [6.45, 7) is 1.59. The molecule has 0 aromatic heterocycles. The molecular formula is C27H25N3O5. The summed E-state index contributed by atoms with van der Waals surface area (Å²) in [6, 6.07) is 25.7. The zero-order valence-electron chi connectivity index (χ0n) is 19.2. The van der Waals surface area contributed by atoms with Gasteiger partial charge in [0.25, 0.3) is 5.91 Å². The molecule has 4 rings (SSSR count). The molecule has 178 valence electrons. The van der Waals surface area contributed by atoms with Gasteiger partial charge in [-0.1, -0.05) is 78.9 Å². The summed E-state index contributed by atoms with van der Waals surface area (Å²) in [5, 5.41) is 2.56. The Balaban J connectivity index is 1.68. The number of aliphatic imine (C=N–C) groups is 1. The highest BCUT2D eigenvalue weighted by Crippen LogP contribution is 2.28. The monoisotopic (exact) mass is 471 g/mol. The van der Waals surface area contributed by atoms with Gasteiger partial charge in [-0.05, 0) is 18.6 Å². The van der Waals surface area contributed by atoms with Crippen molar-refractivity contribution in [2.24, 2.45) is 4.99 Å². The van der Waals surface area contributed by atoms with Crippen LogP contribution in [0, 0.1) is 0 Å². The quantitative estimate of drug-likeness (QED) is 0.530. The topological polar surface area (TPSA) is 97.3 Å². The number of carbonyl (C=O) groups is 3. The third-order valence-corrected chi connectivity index (χ3v) is 5.32. The van der Waals surface area contributed by atoms with E-state index in [1.807, 2.05) is 72.8 Å². The minimum Gasteiger partial charge on any atom is -0.465 e. The summed E-state index contributed by atoms with van der Waals surface area (Å²) in [7, 11) is 0. The number of fused-ring (bicyclic) bond motifs is 1. The molecule has 2 amide bonds. The molecule has 1 heterocycles. The molecule has 1 aliphatic heterocycles. The van der Waals surface area contributed by atoms with Gasteiger partial charge in [0.2, 0.25) is 6.17 Å². The number of amides is 2. The molecule has 3 aromatic rings. The van der Waals surface area contributed by atoms with Crippen LogP contribution in [-0.4, -0.2) is 43.0 Å². The minimum atomic E-state index is -1.31. The van der Waals surface area contributed by atoms with Crippen molar-refractivity contribution >= 4 is 29.4 Å². The van der Waals surface area contributed by atoms with E-state index in [0.717, 1.165) is 11.1 Å². The Morgan fingerprint density at radius 3 is 2.29 bits per heavy atom. The lowest BCUT2D eigenvalue weighted by molar-refractivity contribution is -0.142. The lowest BCUT2D eigenvalue weighted by atomic mass is 10.0. The third kappa shape index (κ3) is 5.73. The van der Waals surface area contributed by atoms with E-state index in [2.05, 4.69) is 10.3 Å². The van der Waals surface area contributed by atoms with E-state index in [1.165, 1.54) is 4.90 Å². The number of nitrogens with one attached hydrogen (secondary N) is 1. The number of anilines is 1. The highest BCUT2D eigenvalue weighted by Gasteiger charge is 2.34. The van der Waals surface area contributed by atoms with Crippen molar-refractivity contribution < 1.29 is 23.9 Å². The molecule has 1 aliphatic rings. The van der Waals surface area contributed by atoms with Crippen LogP contribution in [0.2, 0.25) is 0 Å². The Hall–Kier alpha value is -4.46. The number of hydrogen-bond donors (Lipinski definition) is 1. The second-order valence-corrected chi connectivity index (χ2v) is 7.70. The number of nitrogens with zero attached hydrogens (tertiary/aromatic N) is 2. The van der Waals surface area contributed by atoms with Gasteiger partial charge >= 0.3 is 12.1 Å². The van der Waals surface area contributed by atoms with Gasteiger partial charge in [0.05, 0.1) is 18.0 Å². The molecule has 0 fully saturated rings. The zero-order chi connectivity index (χ0) is 24.6. The van der Waals surface area contributed by atoms with Crippen LogP contribution < -0.4 is 10.2 Å². The zero-order valence-corrected chi connectivity index (χ0v) is 19.2. The van der Waals surface area contributed by atoms with E-state index >= 15 is 0 Å². The molecule has 8 heteroatoms. The summed E-state index contributed by atoms with van der Waals surface area (Å²) < 4.78 is 10.4. The maximum absolute atomic E-state index is 13.6. The molecule has 0 saturated carbocycles. The number of rotatable bonds is 7.